The SMILES string of the molecule is CC(NC(=O)NC(=O)COCC(=O)O)c1ccsc1. The van der Waals surface area contributed by atoms with Gasteiger partial charge >= 0.3 is 12.0 Å². The number of rotatable bonds is 6. The highest BCUT2D eigenvalue weighted by molar-refractivity contribution is 7.07. The van der Waals surface area contributed by atoms with Crippen LogP contribution in [-0.4, -0.2) is 36.2 Å². The Morgan fingerprint density at radius 1 is 1.42 bits per heavy atom. The van der Waals surface area contributed by atoms with Gasteiger partial charge in [-0.25, -0.2) is 9.59 Å². The number of hydrogen-bond acceptors (Lipinski definition) is 5. The van der Waals surface area contributed by atoms with Crippen LogP contribution in [0.2, 0.25) is 0 Å². The van der Waals surface area contributed by atoms with Gasteiger partial charge in [-0.2, -0.15) is 11.3 Å². The summed E-state index contributed by atoms with van der Waals surface area (Å²) in [7, 11) is 0. The van der Waals surface area contributed by atoms with Crippen LogP contribution in [0, 0.1) is 0 Å². The molecule has 1 aromatic heterocycles. The van der Waals surface area contributed by atoms with Gasteiger partial charge in [0.05, 0.1) is 6.04 Å². The Morgan fingerprint density at radius 3 is 2.74 bits per heavy atom. The second-order valence-electron chi connectivity index (χ2n) is 3.69. The van der Waals surface area contributed by atoms with E-state index in [1.165, 1.54) is 11.3 Å². The number of amides is 3. The summed E-state index contributed by atoms with van der Waals surface area (Å²) in [6, 6.07) is 0.995. The van der Waals surface area contributed by atoms with E-state index in [9.17, 15) is 14.4 Å². The van der Waals surface area contributed by atoms with E-state index in [1.807, 2.05) is 22.1 Å². The van der Waals surface area contributed by atoms with Crippen molar-refractivity contribution in [2.75, 3.05) is 13.2 Å². The second-order valence-corrected chi connectivity index (χ2v) is 4.47. The number of imide groups is 1. The smallest absolute Gasteiger partial charge is 0.329 e. The molecule has 1 rings (SSSR count). The highest BCUT2D eigenvalue weighted by Crippen LogP contribution is 2.14. The molecule has 3 amide bonds. The number of hydrogen-bond donors (Lipinski definition) is 3. The van der Waals surface area contributed by atoms with Crippen LogP contribution in [0.15, 0.2) is 16.8 Å². The molecule has 0 aliphatic heterocycles. The number of carbonyl (C=O) groups is 3. The lowest BCUT2D eigenvalue weighted by Crippen LogP contribution is -2.42. The molecule has 0 saturated carbocycles. The fourth-order valence-corrected chi connectivity index (χ4v) is 1.99. The first-order valence-corrected chi connectivity index (χ1v) is 6.35. The molecule has 0 spiro atoms. The molecule has 0 saturated heterocycles. The highest BCUT2D eigenvalue weighted by Gasteiger charge is 2.12. The average Bonchev–Trinajstić information content (AvgIpc) is 2.81. The summed E-state index contributed by atoms with van der Waals surface area (Å²) < 4.78 is 4.55. The van der Waals surface area contributed by atoms with Crippen LogP contribution in [-0.2, 0) is 14.3 Å². The van der Waals surface area contributed by atoms with Crippen LogP contribution in [0.4, 0.5) is 4.79 Å². The lowest BCUT2D eigenvalue weighted by atomic mass is 10.2. The maximum absolute atomic E-state index is 11.4. The maximum atomic E-state index is 11.4. The van der Waals surface area contributed by atoms with Gasteiger partial charge in [0.15, 0.2) is 0 Å². The molecule has 1 atom stereocenters. The Labute approximate surface area is 113 Å². The Balaban J connectivity index is 2.27. The van der Waals surface area contributed by atoms with Gasteiger partial charge in [0.25, 0.3) is 5.91 Å². The highest BCUT2D eigenvalue weighted by atomic mass is 32.1. The van der Waals surface area contributed by atoms with E-state index in [0.717, 1.165) is 5.56 Å². The van der Waals surface area contributed by atoms with E-state index >= 15 is 0 Å². The Hall–Kier alpha value is -1.93. The molecule has 0 radical (unpaired) electrons. The molecule has 19 heavy (non-hydrogen) atoms. The zero-order valence-electron chi connectivity index (χ0n) is 10.2. The zero-order valence-corrected chi connectivity index (χ0v) is 11.0. The predicted octanol–water partition coefficient (Wildman–Crippen LogP) is 0.736. The fraction of sp³-hybridized carbons (Fsp3) is 0.364. The molecule has 1 heterocycles. The number of aliphatic carboxylic acids is 1. The second kappa shape index (κ2) is 7.49. The maximum Gasteiger partial charge on any atom is 0.329 e. The van der Waals surface area contributed by atoms with Crippen molar-refractivity contribution in [1.82, 2.24) is 10.6 Å². The van der Waals surface area contributed by atoms with Crippen LogP contribution >= 0.6 is 11.3 Å². The molecule has 0 aliphatic rings. The summed E-state index contributed by atoms with van der Waals surface area (Å²) in [5, 5.41) is 16.7. The topological polar surface area (TPSA) is 105 Å². The standard InChI is InChI=1S/C11H14N2O5S/c1-7(8-2-3-19-6-8)12-11(17)13-9(14)4-18-5-10(15)16/h2-3,6-7H,4-5H2,1H3,(H,15,16)(H2,12,13,14,17). The summed E-state index contributed by atoms with van der Waals surface area (Å²) in [5.41, 5.74) is 0.940. The molecule has 1 unspecified atom stereocenters. The molecule has 0 aromatic carbocycles. The van der Waals surface area contributed by atoms with Crippen LogP contribution < -0.4 is 10.6 Å². The summed E-state index contributed by atoms with van der Waals surface area (Å²) in [5.74, 6) is -1.88. The summed E-state index contributed by atoms with van der Waals surface area (Å²) in [4.78, 5) is 32.8. The lowest BCUT2D eigenvalue weighted by Gasteiger charge is -2.12. The van der Waals surface area contributed by atoms with Crippen LogP contribution in [0.3, 0.4) is 0 Å². The number of ether oxygens (including phenoxy) is 1. The van der Waals surface area contributed by atoms with Crippen molar-refractivity contribution in [3.63, 3.8) is 0 Å². The normalized spacial score (nSPS) is 11.6. The van der Waals surface area contributed by atoms with Gasteiger partial charge in [-0.3, -0.25) is 10.1 Å². The first-order valence-electron chi connectivity index (χ1n) is 5.41. The van der Waals surface area contributed by atoms with E-state index in [1.54, 1.807) is 6.92 Å². The molecule has 0 bridgehead atoms. The van der Waals surface area contributed by atoms with Gasteiger partial charge in [0.2, 0.25) is 0 Å². The Morgan fingerprint density at radius 2 is 2.16 bits per heavy atom. The fourth-order valence-electron chi connectivity index (χ4n) is 1.23. The van der Waals surface area contributed by atoms with Crippen molar-refractivity contribution in [2.24, 2.45) is 0 Å². The minimum Gasteiger partial charge on any atom is -0.480 e. The number of thiophene rings is 1. The minimum absolute atomic E-state index is 0.223. The van der Waals surface area contributed by atoms with Gasteiger partial charge in [-0.05, 0) is 29.3 Å². The van der Waals surface area contributed by atoms with Gasteiger partial charge in [-0.1, -0.05) is 0 Å². The van der Waals surface area contributed by atoms with E-state index in [4.69, 9.17) is 5.11 Å². The average molecular weight is 286 g/mol. The summed E-state index contributed by atoms with van der Waals surface area (Å²) >= 11 is 1.51. The largest absolute Gasteiger partial charge is 0.480 e. The number of urea groups is 1. The quantitative estimate of drug-likeness (QED) is 0.715. The third-order valence-corrected chi connectivity index (χ3v) is 2.80. The first-order chi connectivity index (χ1) is 8.99. The van der Waals surface area contributed by atoms with Crippen molar-refractivity contribution in [3.05, 3.63) is 22.4 Å². The molecule has 8 heteroatoms. The van der Waals surface area contributed by atoms with Gasteiger partial charge < -0.3 is 15.2 Å². The van der Waals surface area contributed by atoms with E-state index in [-0.39, 0.29) is 6.04 Å². The summed E-state index contributed by atoms with van der Waals surface area (Å²) in [6.07, 6.45) is 0. The third-order valence-electron chi connectivity index (χ3n) is 2.10. The van der Waals surface area contributed by atoms with Crippen molar-refractivity contribution in [3.8, 4) is 0 Å². The van der Waals surface area contributed by atoms with Crippen molar-refractivity contribution in [1.29, 1.82) is 0 Å². The number of carbonyl (C=O) groups excluding carboxylic acids is 2. The van der Waals surface area contributed by atoms with Crippen molar-refractivity contribution >= 4 is 29.2 Å². The third kappa shape index (κ3) is 5.98. The number of carboxylic acids is 1. The van der Waals surface area contributed by atoms with E-state index in [0.29, 0.717) is 0 Å². The molecule has 104 valence electrons. The van der Waals surface area contributed by atoms with Crippen LogP contribution in [0.25, 0.3) is 0 Å². The van der Waals surface area contributed by atoms with Crippen LogP contribution in [0.5, 0.6) is 0 Å². The van der Waals surface area contributed by atoms with E-state index < -0.39 is 31.1 Å². The van der Waals surface area contributed by atoms with Gasteiger partial charge in [-0.15, -0.1) is 0 Å². The lowest BCUT2D eigenvalue weighted by molar-refractivity contribution is -0.143. The Bertz CT molecular complexity index is 446. The zero-order chi connectivity index (χ0) is 14.3. The Kier molecular flexibility index (Phi) is 5.97. The number of nitrogens with one attached hydrogen (secondary N) is 2. The van der Waals surface area contributed by atoms with Gasteiger partial charge in [0, 0.05) is 0 Å². The van der Waals surface area contributed by atoms with Crippen LogP contribution in [0.1, 0.15) is 18.5 Å². The van der Waals surface area contributed by atoms with E-state index in [2.05, 4.69) is 10.1 Å². The monoisotopic (exact) mass is 286 g/mol. The predicted molar refractivity (Wildman–Crippen MR) is 67.9 cm³/mol. The molecule has 7 nitrogen and oxygen atoms in total. The molecule has 1 aromatic rings. The van der Waals surface area contributed by atoms with Crippen molar-refractivity contribution in [2.45, 2.75) is 13.0 Å². The molecular weight excluding hydrogens is 272 g/mol. The molecule has 3 N–H and O–H groups in total. The van der Waals surface area contributed by atoms with Crippen molar-refractivity contribution < 1.29 is 24.2 Å². The number of carboxylic acid groups (broad SMARTS) is 1. The molecular formula is C11H14N2O5S. The minimum atomic E-state index is -1.18. The first kappa shape index (κ1) is 15.1. The molecule has 0 aliphatic carbocycles. The summed E-state index contributed by atoms with van der Waals surface area (Å²) in [6.45, 7) is 0.722. The van der Waals surface area contributed by atoms with Gasteiger partial charge in [0.1, 0.15) is 13.2 Å². The molecule has 0 fully saturated rings.